The van der Waals surface area contributed by atoms with Gasteiger partial charge in [0, 0.05) is 25.2 Å². The molecule has 2 aliphatic rings. The van der Waals surface area contributed by atoms with Crippen molar-refractivity contribution in [1.82, 2.24) is 9.62 Å². The van der Waals surface area contributed by atoms with Crippen LogP contribution in [0.3, 0.4) is 0 Å². The highest BCUT2D eigenvalue weighted by Crippen LogP contribution is 2.37. The first kappa shape index (κ1) is 16.2. The minimum Gasteiger partial charge on any atom is -0.368 e. The number of nitrogens with zero attached hydrogens (tertiary/aromatic N) is 1. The number of hydrogen-bond acceptors (Lipinski definition) is 4. The maximum Gasteiger partial charge on any atom is 0.211 e. The van der Waals surface area contributed by atoms with E-state index in [2.05, 4.69) is 33.0 Å². The fourth-order valence-corrected chi connectivity index (χ4v) is 4.33. The second-order valence-corrected chi connectivity index (χ2v) is 9.31. The lowest BCUT2D eigenvalue weighted by Gasteiger charge is -2.35. The summed E-state index contributed by atoms with van der Waals surface area (Å²) in [5, 5.41) is 3.69. The highest BCUT2D eigenvalue weighted by atomic mass is 32.2. The third-order valence-corrected chi connectivity index (χ3v) is 5.74. The summed E-state index contributed by atoms with van der Waals surface area (Å²) in [6, 6.07) is 0.710. The summed E-state index contributed by atoms with van der Waals surface area (Å²) in [6.45, 7) is 9.75. The SMILES string of the molecule is CC1(C)CC(NC2CCN(S(C)(=O)=O)CC2)C(C)(C)O1. The van der Waals surface area contributed by atoms with Crippen LogP contribution in [0.4, 0.5) is 0 Å². The molecule has 1 unspecified atom stereocenters. The van der Waals surface area contributed by atoms with Crippen LogP contribution in [-0.2, 0) is 14.8 Å². The van der Waals surface area contributed by atoms with Crippen LogP contribution in [0.15, 0.2) is 0 Å². The second kappa shape index (κ2) is 5.23. The Bertz CT molecular complexity index is 451. The van der Waals surface area contributed by atoms with Crippen LogP contribution in [0, 0.1) is 0 Å². The zero-order chi connectivity index (χ0) is 15.2. The Hall–Kier alpha value is -0.170. The molecule has 0 aliphatic carbocycles. The van der Waals surface area contributed by atoms with Crippen LogP contribution in [0.5, 0.6) is 0 Å². The summed E-state index contributed by atoms with van der Waals surface area (Å²) in [4.78, 5) is 0. The predicted molar refractivity (Wildman–Crippen MR) is 80.2 cm³/mol. The normalized spacial score (nSPS) is 31.6. The van der Waals surface area contributed by atoms with Crippen molar-refractivity contribution in [3.63, 3.8) is 0 Å². The van der Waals surface area contributed by atoms with Crippen LogP contribution in [-0.4, -0.2) is 55.4 Å². The van der Waals surface area contributed by atoms with Gasteiger partial charge < -0.3 is 10.1 Å². The van der Waals surface area contributed by atoms with Crippen molar-refractivity contribution in [2.24, 2.45) is 0 Å². The maximum atomic E-state index is 11.5. The Labute approximate surface area is 123 Å². The van der Waals surface area contributed by atoms with E-state index in [1.54, 1.807) is 4.31 Å². The first-order valence-corrected chi connectivity index (χ1v) is 9.26. The summed E-state index contributed by atoms with van der Waals surface area (Å²) in [6.07, 6.45) is 4.03. The summed E-state index contributed by atoms with van der Waals surface area (Å²) in [5.74, 6) is 0. The molecule has 2 saturated heterocycles. The minimum atomic E-state index is -3.04. The first-order valence-electron chi connectivity index (χ1n) is 7.41. The van der Waals surface area contributed by atoms with Gasteiger partial charge in [-0.1, -0.05) is 0 Å². The molecule has 2 aliphatic heterocycles. The maximum absolute atomic E-state index is 11.5. The van der Waals surface area contributed by atoms with Crippen molar-refractivity contribution in [3.8, 4) is 0 Å². The van der Waals surface area contributed by atoms with Gasteiger partial charge in [-0.2, -0.15) is 0 Å². The molecule has 1 atom stereocenters. The number of rotatable bonds is 3. The molecule has 0 bridgehead atoms. The van der Waals surface area contributed by atoms with Crippen molar-refractivity contribution in [1.29, 1.82) is 0 Å². The molecule has 2 heterocycles. The molecule has 0 aromatic heterocycles. The van der Waals surface area contributed by atoms with Gasteiger partial charge in [0.25, 0.3) is 0 Å². The lowest BCUT2D eigenvalue weighted by Crippen LogP contribution is -2.52. The molecule has 1 N–H and O–H groups in total. The molecular formula is C14H28N2O3S. The van der Waals surface area contributed by atoms with Crippen molar-refractivity contribution in [3.05, 3.63) is 0 Å². The summed E-state index contributed by atoms with van der Waals surface area (Å²) in [7, 11) is -3.04. The summed E-state index contributed by atoms with van der Waals surface area (Å²) in [5.41, 5.74) is -0.258. The Morgan fingerprint density at radius 1 is 1.15 bits per heavy atom. The van der Waals surface area contributed by atoms with Gasteiger partial charge >= 0.3 is 0 Å². The van der Waals surface area contributed by atoms with E-state index >= 15 is 0 Å². The van der Waals surface area contributed by atoms with E-state index in [1.807, 2.05) is 0 Å². The fraction of sp³-hybridized carbons (Fsp3) is 1.00. The third kappa shape index (κ3) is 3.72. The molecule has 5 nitrogen and oxygen atoms in total. The van der Waals surface area contributed by atoms with Gasteiger partial charge in [0.05, 0.1) is 17.5 Å². The van der Waals surface area contributed by atoms with Gasteiger partial charge in [-0.3, -0.25) is 0 Å². The Kier molecular flexibility index (Phi) is 4.24. The van der Waals surface area contributed by atoms with Gasteiger partial charge in [-0.25, -0.2) is 12.7 Å². The number of nitrogens with one attached hydrogen (secondary N) is 1. The lowest BCUT2D eigenvalue weighted by molar-refractivity contribution is -0.0707. The Balaban J connectivity index is 1.90. The standard InChI is InChI=1S/C14H28N2O3S/c1-13(2)10-12(14(3,4)19-13)15-11-6-8-16(9-7-11)20(5,17)18/h11-12,15H,6-10H2,1-5H3. The van der Waals surface area contributed by atoms with E-state index in [0.29, 0.717) is 25.2 Å². The topological polar surface area (TPSA) is 58.6 Å². The molecule has 2 fully saturated rings. The van der Waals surface area contributed by atoms with E-state index in [0.717, 1.165) is 19.3 Å². The van der Waals surface area contributed by atoms with Crippen LogP contribution in [0.2, 0.25) is 0 Å². The predicted octanol–water partition coefficient (Wildman–Crippen LogP) is 1.35. The van der Waals surface area contributed by atoms with Crippen LogP contribution < -0.4 is 5.32 Å². The molecule has 118 valence electrons. The van der Waals surface area contributed by atoms with Crippen molar-refractivity contribution < 1.29 is 13.2 Å². The highest BCUT2D eigenvalue weighted by Gasteiger charge is 2.46. The fourth-order valence-electron chi connectivity index (χ4n) is 3.46. The molecule has 0 saturated carbocycles. The molecular weight excluding hydrogens is 276 g/mol. The van der Waals surface area contributed by atoms with Crippen LogP contribution >= 0.6 is 0 Å². The molecule has 0 spiro atoms. The van der Waals surface area contributed by atoms with Crippen LogP contribution in [0.25, 0.3) is 0 Å². The quantitative estimate of drug-likeness (QED) is 0.855. The molecule has 20 heavy (non-hydrogen) atoms. The van der Waals surface area contributed by atoms with E-state index in [4.69, 9.17) is 4.74 Å². The molecule has 0 aromatic rings. The van der Waals surface area contributed by atoms with E-state index < -0.39 is 10.0 Å². The van der Waals surface area contributed by atoms with E-state index in [-0.39, 0.29) is 11.2 Å². The van der Waals surface area contributed by atoms with E-state index in [9.17, 15) is 8.42 Å². The Morgan fingerprint density at radius 3 is 2.10 bits per heavy atom. The number of piperidine rings is 1. The Morgan fingerprint density at radius 2 is 1.70 bits per heavy atom. The average molecular weight is 304 g/mol. The second-order valence-electron chi connectivity index (χ2n) is 7.32. The van der Waals surface area contributed by atoms with Gasteiger partial charge in [0.2, 0.25) is 10.0 Å². The molecule has 0 amide bonds. The van der Waals surface area contributed by atoms with Gasteiger partial charge in [-0.15, -0.1) is 0 Å². The largest absolute Gasteiger partial charge is 0.368 e. The van der Waals surface area contributed by atoms with Crippen molar-refractivity contribution in [2.75, 3.05) is 19.3 Å². The monoisotopic (exact) mass is 304 g/mol. The third-order valence-electron chi connectivity index (χ3n) is 4.43. The smallest absolute Gasteiger partial charge is 0.211 e. The number of ether oxygens (including phenoxy) is 1. The molecule has 6 heteroatoms. The van der Waals surface area contributed by atoms with Crippen molar-refractivity contribution >= 4 is 10.0 Å². The lowest BCUT2D eigenvalue weighted by atomic mass is 9.92. The summed E-state index contributed by atoms with van der Waals surface area (Å²) < 4.78 is 30.7. The van der Waals surface area contributed by atoms with Gasteiger partial charge in [-0.05, 0) is 47.0 Å². The summed E-state index contributed by atoms with van der Waals surface area (Å²) >= 11 is 0. The molecule has 0 radical (unpaired) electrons. The number of sulfonamides is 1. The highest BCUT2D eigenvalue weighted by molar-refractivity contribution is 7.88. The number of hydrogen-bond donors (Lipinski definition) is 1. The van der Waals surface area contributed by atoms with Crippen LogP contribution in [0.1, 0.15) is 47.0 Å². The zero-order valence-electron chi connectivity index (χ0n) is 13.3. The molecule has 0 aromatic carbocycles. The first-order chi connectivity index (χ1) is 9.00. The van der Waals surface area contributed by atoms with Gasteiger partial charge in [0.15, 0.2) is 0 Å². The minimum absolute atomic E-state index is 0.0887. The zero-order valence-corrected chi connectivity index (χ0v) is 14.1. The van der Waals surface area contributed by atoms with Crippen molar-refractivity contribution in [2.45, 2.75) is 70.2 Å². The molecule has 2 rings (SSSR count). The van der Waals surface area contributed by atoms with Gasteiger partial charge in [0.1, 0.15) is 0 Å². The average Bonchev–Trinajstić information content (AvgIpc) is 2.46. The van der Waals surface area contributed by atoms with E-state index in [1.165, 1.54) is 6.26 Å².